The predicted octanol–water partition coefficient (Wildman–Crippen LogP) is 1.39. The molecular weight excluding hydrogens is 468 g/mol. The molecule has 12 heteroatoms. The van der Waals surface area contributed by atoms with Crippen LogP contribution in [-0.2, 0) is 21.9 Å². The van der Waals surface area contributed by atoms with Gasteiger partial charge in [-0.15, -0.1) is 0 Å². The van der Waals surface area contributed by atoms with Crippen molar-refractivity contribution in [3.63, 3.8) is 0 Å². The van der Waals surface area contributed by atoms with Crippen LogP contribution in [0.25, 0.3) is 0 Å². The molecule has 2 saturated heterocycles. The molecule has 0 spiro atoms. The number of carbonyl (C=O) groups excluding carboxylic acids is 2. The molecule has 0 N–H and O–H groups in total. The van der Waals surface area contributed by atoms with Crippen LogP contribution < -0.4 is 0 Å². The van der Waals surface area contributed by atoms with Gasteiger partial charge in [-0.2, -0.15) is 4.31 Å². The van der Waals surface area contributed by atoms with Crippen molar-refractivity contribution in [2.75, 3.05) is 39.3 Å². The Morgan fingerprint density at radius 3 is 2.15 bits per heavy atom. The fourth-order valence-corrected chi connectivity index (χ4v) is 5.82. The van der Waals surface area contributed by atoms with Gasteiger partial charge >= 0.3 is 0 Å². The third-order valence-electron chi connectivity index (χ3n) is 6.54. The Kier molecular flexibility index (Phi) is 6.72. The minimum absolute atomic E-state index is 0.0131. The van der Waals surface area contributed by atoms with Crippen molar-refractivity contribution in [1.29, 1.82) is 0 Å². The van der Waals surface area contributed by atoms with E-state index in [0.29, 0.717) is 31.8 Å². The summed E-state index contributed by atoms with van der Waals surface area (Å²) >= 11 is 0. The molecule has 4 rings (SSSR count). The van der Waals surface area contributed by atoms with E-state index >= 15 is 0 Å². The van der Waals surface area contributed by atoms with Gasteiger partial charge in [0, 0.05) is 64.0 Å². The van der Waals surface area contributed by atoms with Crippen molar-refractivity contribution in [3.8, 4) is 0 Å². The quantitative estimate of drug-likeness (QED) is 0.639. The number of halogens is 2. The van der Waals surface area contributed by atoms with Crippen molar-refractivity contribution >= 4 is 21.8 Å². The van der Waals surface area contributed by atoms with E-state index in [0.717, 1.165) is 12.1 Å². The molecule has 0 aliphatic carbocycles. The van der Waals surface area contributed by atoms with E-state index in [1.165, 1.54) is 21.5 Å². The normalized spacial score (nSPS) is 18.4. The lowest BCUT2D eigenvalue weighted by Gasteiger charge is -2.38. The van der Waals surface area contributed by atoms with E-state index in [1.807, 2.05) is 0 Å². The Morgan fingerprint density at radius 1 is 0.971 bits per heavy atom. The van der Waals surface area contributed by atoms with Gasteiger partial charge in [-0.3, -0.25) is 9.59 Å². The molecule has 0 atom stereocenters. The number of aryl methyl sites for hydroxylation is 2. The number of amides is 2. The van der Waals surface area contributed by atoms with Gasteiger partial charge in [0.05, 0.1) is 0 Å². The molecule has 2 amide bonds. The zero-order chi connectivity index (χ0) is 24.6. The second-order valence-corrected chi connectivity index (χ2v) is 10.5. The maximum absolute atomic E-state index is 13.5. The summed E-state index contributed by atoms with van der Waals surface area (Å²) < 4.78 is 55.3. The van der Waals surface area contributed by atoms with Crippen LogP contribution in [-0.4, -0.2) is 83.2 Å². The summed E-state index contributed by atoms with van der Waals surface area (Å²) in [5, 5.41) is 0.0131. The summed E-state index contributed by atoms with van der Waals surface area (Å²) in [5.41, 5.74) is 0.0651. The first-order chi connectivity index (χ1) is 16.1. The number of aromatic nitrogens is 2. The maximum Gasteiger partial charge on any atom is 0.262 e. The number of sulfonamides is 1. The number of piperidine rings is 1. The lowest BCUT2D eigenvalue weighted by atomic mass is 9.96. The zero-order valence-electron chi connectivity index (χ0n) is 19.1. The standard InChI is InChI=1S/C22H27F2N5O4S/c1-15-25-20(14-26(15)2)34(32,33)29-7-5-16(6-8-29)21(30)27-9-11-28(12-10-27)22(31)17-3-4-18(23)19(24)13-17/h3-4,13-14,16H,5-12H2,1-2H3. The Labute approximate surface area is 197 Å². The highest BCUT2D eigenvalue weighted by atomic mass is 32.2. The number of piperazine rings is 1. The molecule has 2 aliphatic rings. The third kappa shape index (κ3) is 4.69. The zero-order valence-corrected chi connectivity index (χ0v) is 19.9. The van der Waals surface area contributed by atoms with Crippen LogP contribution in [0.15, 0.2) is 29.4 Å². The van der Waals surface area contributed by atoms with Crippen LogP contribution in [0.1, 0.15) is 29.0 Å². The van der Waals surface area contributed by atoms with E-state index < -0.39 is 27.6 Å². The molecule has 3 heterocycles. The minimum atomic E-state index is -3.70. The smallest absolute Gasteiger partial charge is 0.262 e. The maximum atomic E-state index is 13.5. The first-order valence-corrected chi connectivity index (χ1v) is 12.5. The Bertz CT molecular complexity index is 1180. The summed E-state index contributed by atoms with van der Waals surface area (Å²) in [7, 11) is -1.97. The van der Waals surface area contributed by atoms with E-state index in [4.69, 9.17) is 0 Å². The van der Waals surface area contributed by atoms with Crippen LogP contribution >= 0.6 is 0 Å². The van der Waals surface area contributed by atoms with Crippen molar-refractivity contribution in [2.24, 2.45) is 13.0 Å². The topological polar surface area (TPSA) is 95.8 Å². The van der Waals surface area contributed by atoms with Crippen LogP contribution in [0.3, 0.4) is 0 Å². The highest BCUT2D eigenvalue weighted by Crippen LogP contribution is 2.25. The second kappa shape index (κ2) is 9.41. The molecule has 2 aromatic rings. The van der Waals surface area contributed by atoms with E-state index in [9.17, 15) is 26.8 Å². The summed E-state index contributed by atoms with van der Waals surface area (Å²) in [5.74, 6) is -2.23. The summed E-state index contributed by atoms with van der Waals surface area (Å²) in [6.45, 7) is 3.45. The molecule has 2 fully saturated rings. The van der Waals surface area contributed by atoms with Gasteiger partial charge in [0.15, 0.2) is 16.7 Å². The van der Waals surface area contributed by atoms with Gasteiger partial charge in [0.1, 0.15) is 5.82 Å². The predicted molar refractivity (Wildman–Crippen MR) is 118 cm³/mol. The number of imidazole rings is 1. The Hall–Kier alpha value is -2.86. The van der Waals surface area contributed by atoms with Crippen molar-refractivity contribution < 1.29 is 26.8 Å². The lowest BCUT2D eigenvalue weighted by Crippen LogP contribution is -2.53. The van der Waals surface area contributed by atoms with Crippen LogP contribution in [0.5, 0.6) is 0 Å². The largest absolute Gasteiger partial charge is 0.339 e. The minimum Gasteiger partial charge on any atom is -0.339 e. The van der Waals surface area contributed by atoms with E-state index in [-0.39, 0.29) is 48.6 Å². The Balaban J connectivity index is 1.30. The van der Waals surface area contributed by atoms with Crippen molar-refractivity contribution in [3.05, 3.63) is 47.4 Å². The summed E-state index contributed by atoms with van der Waals surface area (Å²) in [6, 6.07) is 3.04. The fourth-order valence-electron chi connectivity index (χ4n) is 4.33. The number of carbonyl (C=O) groups is 2. The van der Waals surface area contributed by atoms with Crippen molar-refractivity contribution in [1.82, 2.24) is 23.7 Å². The molecule has 0 bridgehead atoms. The molecule has 34 heavy (non-hydrogen) atoms. The van der Waals surface area contributed by atoms with Crippen LogP contribution in [0.2, 0.25) is 0 Å². The number of nitrogens with zero attached hydrogens (tertiary/aromatic N) is 5. The average molecular weight is 496 g/mol. The van der Waals surface area contributed by atoms with Crippen LogP contribution in [0, 0.1) is 24.5 Å². The number of hydrogen-bond donors (Lipinski definition) is 0. The number of rotatable bonds is 4. The first-order valence-electron chi connectivity index (χ1n) is 11.1. The van der Waals surface area contributed by atoms with Crippen molar-refractivity contribution in [2.45, 2.75) is 24.8 Å². The molecular formula is C22H27F2N5O4S. The highest BCUT2D eigenvalue weighted by molar-refractivity contribution is 7.89. The monoisotopic (exact) mass is 495 g/mol. The molecule has 1 aromatic heterocycles. The average Bonchev–Trinajstić information content (AvgIpc) is 3.19. The van der Waals surface area contributed by atoms with Gasteiger partial charge in [0.25, 0.3) is 15.9 Å². The third-order valence-corrected chi connectivity index (χ3v) is 8.31. The number of hydrogen-bond acceptors (Lipinski definition) is 5. The summed E-state index contributed by atoms with van der Waals surface area (Å²) in [6.07, 6.45) is 2.32. The van der Waals surface area contributed by atoms with Gasteiger partial charge in [-0.05, 0) is 38.0 Å². The van der Waals surface area contributed by atoms with E-state index in [2.05, 4.69) is 4.98 Å². The first kappa shape index (κ1) is 24.3. The lowest BCUT2D eigenvalue weighted by molar-refractivity contribution is -0.138. The molecule has 0 unspecified atom stereocenters. The fraction of sp³-hybridized carbons (Fsp3) is 0.500. The van der Waals surface area contributed by atoms with Crippen LogP contribution in [0.4, 0.5) is 8.78 Å². The molecule has 1 aromatic carbocycles. The van der Waals surface area contributed by atoms with Gasteiger partial charge in [0.2, 0.25) is 5.91 Å². The van der Waals surface area contributed by atoms with Gasteiger partial charge < -0.3 is 14.4 Å². The van der Waals surface area contributed by atoms with Gasteiger partial charge in [-0.1, -0.05) is 0 Å². The second-order valence-electron chi connectivity index (χ2n) is 8.66. The molecule has 2 aliphatic heterocycles. The SMILES string of the molecule is Cc1nc(S(=O)(=O)N2CCC(C(=O)N3CCN(C(=O)c4ccc(F)c(F)c4)CC3)CC2)cn1C. The molecule has 9 nitrogen and oxygen atoms in total. The number of benzene rings is 1. The Morgan fingerprint density at radius 2 is 1.59 bits per heavy atom. The molecule has 0 radical (unpaired) electrons. The molecule has 0 saturated carbocycles. The highest BCUT2D eigenvalue weighted by Gasteiger charge is 2.36. The van der Waals surface area contributed by atoms with E-state index in [1.54, 1.807) is 23.4 Å². The summed E-state index contributed by atoms with van der Waals surface area (Å²) in [4.78, 5) is 32.9. The molecule has 184 valence electrons. The van der Waals surface area contributed by atoms with Gasteiger partial charge in [-0.25, -0.2) is 22.2 Å².